The van der Waals surface area contributed by atoms with E-state index in [9.17, 15) is 4.79 Å². The lowest BCUT2D eigenvalue weighted by Gasteiger charge is -2.22. The minimum Gasteiger partial charge on any atom is -0.357 e. The normalized spacial score (nSPS) is 15.2. The fourth-order valence-electron chi connectivity index (χ4n) is 2.40. The van der Waals surface area contributed by atoms with Gasteiger partial charge in [0.05, 0.1) is 22.0 Å². The van der Waals surface area contributed by atoms with Crippen molar-refractivity contribution in [1.82, 2.24) is 20.1 Å². The number of nitrogens with one attached hydrogen (secondary N) is 1. The predicted molar refractivity (Wildman–Crippen MR) is 108 cm³/mol. The van der Waals surface area contributed by atoms with Crippen molar-refractivity contribution in [3.05, 3.63) is 29.3 Å². The molecule has 1 atom stereocenters. The zero-order valence-corrected chi connectivity index (χ0v) is 17.0. The van der Waals surface area contributed by atoms with E-state index in [0.717, 1.165) is 24.7 Å². The molecule has 0 saturated heterocycles. The summed E-state index contributed by atoms with van der Waals surface area (Å²) in [6.07, 6.45) is 2.41. The first-order valence-corrected chi connectivity index (χ1v) is 11.1. The second-order valence-electron chi connectivity index (χ2n) is 6.28. The molecule has 1 unspecified atom stereocenters. The highest BCUT2D eigenvalue weighted by Crippen LogP contribution is 2.32. The number of carbonyl (C=O) groups excluding carboxylic acids is 1. The highest BCUT2D eigenvalue weighted by molar-refractivity contribution is 8.01. The average Bonchev–Trinajstić information content (AvgIpc) is 3.18. The molecule has 1 amide bonds. The van der Waals surface area contributed by atoms with Crippen LogP contribution in [0.1, 0.15) is 30.8 Å². The number of aromatic nitrogens is 3. The molecular weight excluding hydrogens is 386 g/mol. The summed E-state index contributed by atoms with van der Waals surface area (Å²) >= 11 is 4.59. The van der Waals surface area contributed by atoms with Crippen molar-refractivity contribution in [2.75, 3.05) is 18.1 Å². The van der Waals surface area contributed by atoms with Crippen LogP contribution in [0.2, 0.25) is 0 Å². The molecule has 9 heteroatoms. The van der Waals surface area contributed by atoms with Gasteiger partial charge < -0.3 is 10.2 Å². The Morgan fingerprint density at radius 1 is 1.35 bits per heavy atom. The van der Waals surface area contributed by atoms with Crippen LogP contribution in [0, 0.1) is 0 Å². The van der Waals surface area contributed by atoms with Gasteiger partial charge in [0.1, 0.15) is 5.01 Å². The smallest absolute Gasteiger partial charge is 0.233 e. The molecule has 1 saturated carbocycles. The number of amides is 1. The Morgan fingerprint density at radius 2 is 2.15 bits per heavy atom. The summed E-state index contributed by atoms with van der Waals surface area (Å²) in [5.41, 5.74) is 0.985. The van der Waals surface area contributed by atoms with Crippen molar-refractivity contribution in [2.24, 2.45) is 0 Å². The van der Waals surface area contributed by atoms with E-state index in [1.807, 2.05) is 32.2 Å². The van der Waals surface area contributed by atoms with Gasteiger partial charge in [-0.2, -0.15) is 0 Å². The number of para-hydroxylation sites is 1. The Labute approximate surface area is 164 Å². The van der Waals surface area contributed by atoms with E-state index in [4.69, 9.17) is 0 Å². The molecule has 3 aromatic rings. The molecular formula is C17H19N5OS3. The molecule has 0 radical (unpaired) electrons. The summed E-state index contributed by atoms with van der Waals surface area (Å²) in [6.45, 7) is 2.02. The monoisotopic (exact) mass is 405 g/mol. The number of hydrogen-bond donors (Lipinski definition) is 1. The van der Waals surface area contributed by atoms with Gasteiger partial charge in [0, 0.05) is 13.1 Å². The number of thiazole rings is 1. The van der Waals surface area contributed by atoms with Crippen molar-refractivity contribution >= 4 is 55.7 Å². The van der Waals surface area contributed by atoms with Crippen molar-refractivity contribution in [3.8, 4) is 0 Å². The maximum atomic E-state index is 12.6. The molecule has 136 valence electrons. The van der Waals surface area contributed by atoms with Crippen LogP contribution in [0.25, 0.3) is 10.2 Å². The average molecular weight is 406 g/mol. The minimum atomic E-state index is -0.0537. The zero-order chi connectivity index (χ0) is 18.1. The van der Waals surface area contributed by atoms with E-state index in [1.54, 1.807) is 16.2 Å². The molecule has 1 aliphatic carbocycles. The van der Waals surface area contributed by atoms with Gasteiger partial charge in [0.2, 0.25) is 11.0 Å². The number of anilines is 1. The maximum Gasteiger partial charge on any atom is 0.233 e. The Morgan fingerprint density at radius 3 is 2.92 bits per heavy atom. The molecule has 26 heavy (non-hydrogen) atoms. The number of thioether (sulfide) groups is 1. The first-order chi connectivity index (χ1) is 12.6. The van der Waals surface area contributed by atoms with Gasteiger partial charge in [-0.25, -0.2) is 4.98 Å². The lowest BCUT2D eigenvalue weighted by atomic mass is 10.3. The van der Waals surface area contributed by atoms with E-state index in [0.29, 0.717) is 11.8 Å². The second kappa shape index (κ2) is 7.50. The van der Waals surface area contributed by atoms with E-state index >= 15 is 0 Å². The van der Waals surface area contributed by atoms with Gasteiger partial charge in [-0.05, 0) is 31.9 Å². The van der Waals surface area contributed by atoms with Crippen molar-refractivity contribution < 1.29 is 4.79 Å². The third-order valence-electron chi connectivity index (χ3n) is 4.27. The summed E-state index contributed by atoms with van der Waals surface area (Å²) in [5.74, 6) is 0.415. The minimum absolute atomic E-state index is 0.0537. The lowest BCUT2D eigenvalue weighted by molar-refractivity contribution is -0.128. The third-order valence-corrected chi connectivity index (χ3v) is 7.45. The molecule has 2 heterocycles. The molecule has 2 aromatic heterocycles. The molecule has 1 fully saturated rings. The number of carbonyl (C=O) groups is 1. The Balaban J connectivity index is 1.35. The molecule has 0 aliphatic heterocycles. The zero-order valence-electron chi connectivity index (χ0n) is 14.5. The second-order valence-corrected chi connectivity index (χ2v) is 9.54. The number of rotatable bonds is 7. The number of benzene rings is 1. The van der Waals surface area contributed by atoms with Gasteiger partial charge in [-0.1, -0.05) is 35.2 Å². The summed E-state index contributed by atoms with van der Waals surface area (Å²) in [6, 6.07) is 8.56. The van der Waals surface area contributed by atoms with Crippen molar-refractivity contribution in [3.63, 3.8) is 0 Å². The van der Waals surface area contributed by atoms with Crippen LogP contribution >= 0.6 is 34.4 Å². The summed E-state index contributed by atoms with van der Waals surface area (Å²) < 4.78 is 1.97. The highest BCUT2D eigenvalue weighted by atomic mass is 32.2. The van der Waals surface area contributed by atoms with Crippen LogP contribution in [0.5, 0.6) is 0 Å². The van der Waals surface area contributed by atoms with Crippen LogP contribution in [0.4, 0.5) is 5.13 Å². The van der Waals surface area contributed by atoms with Crippen LogP contribution in [-0.2, 0) is 4.79 Å². The molecule has 1 aromatic carbocycles. The summed E-state index contributed by atoms with van der Waals surface area (Å²) in [4.78, 5) is 19.0. The molecule has 6 nitrogen and oxygen atoms in total. The highest BCUT2D eigenvalue weighted by Gasteiger charge is 2.23. The van der Waals surface area contributed by atoms with Gasteiger partial charge >= 0.3 is 0 Å². The van der Waals surface area contributed by atoms with E-state index in [2.05, 4.69) is 26.6 Å². The summed E-state index contributed by atoms with van der Waals surface area (Å²) in [7, 11) is 1.83. The summed E-state index contributed by atoms with van der Waals surface area (Å²) in [5, 5.41) is 13.4. The van der Waals surface area contributed by atoms with Crippen LogP contribution in [0.3, 0.4) is 0 Å². The van der Waals surface area contributed by atoms with Crippen LogP contribution < -0.4 is 5.32 Å². The largest absolute Gasteiger partial charge is 0.357 e. The van der Waals surface area contributed by atoms with Crippen LogP contribution in [-0.4, -0.2) is 44.8 Å². The van der Waals surface area contributed by atoms with Crippen molar-refractivity contribution in [1.29, 1.82) is 0 Å². The quantitative estimate of drug-likeness (QED) is 0.598. The van der Waals surface area contributed by atoms with E-state index in [-0.39, 0.29) is 11.9 Å². The van der Waals surface area contributed by atoms with E-state index in [1.165, 1.54) is 35.9 Å². The van der Waals surface area contributed by atoms with Gasteiger partial charge in [-0.15, -0.1) is 21.5 Å². The van der Waals surface area contributed by atoms with Crippen LogP contribution in [0.15, 0.2) is 28.6 Å². The van der Waals surface area contributed by atoms with E-state index < -0.39 is 0 Å². The standard InChI is InChI=1S/C17H19N5OS3/c1-10(15-19-12-5-3-4-6-13(12)25-15)22(2)14(23)9-24-17-21-20-16(26-17)18-11-7-8-11/h3-6,10-11H,7-9H2,1-2H3,(H,18,20). The predicted octanol–water partition coefficient (Wildman–Crippen LogP) is 4.03. The first kappa shape index (κ1) is 17.7. The molecule has 1 N–H and O–H groups in total. The SMILES string of the molecule is CC(c1nc2ccccc2s1)N(C)C(=O)CSc1nnc(NC2CC2)s1. The first-order valence-electron chi connectivity index (χ1n) is 8.44. The topological polar surface area (TPSA) is 71.0 Å². The number of nitrogens with zero attached hydrogens (tertiary/aromatic N) is 4. The van der Waals surface area contributed by atoms with Gasteiger partial charge in [0.25, 0.3) is 0 Å². The molecule has 0 bridgehead atoms. The molecule has 1 aliphatic rings. The molecule has 4 rings (SSSR count). The fraction of sp³-hybridized carbons (Fsp3) is 0.412. The molecule has 0 spiro atoms. The van der Waals surface area contributed by atoms with Gasteiger partial charge in [0.15, 0.2) is 4.34 Å². The maximum absolute atomic E-state index is 12.6. The number of fused-ring (bicyclic) bond motifs is 1. The third kappa shape index (κ3) is 3.99. The lowest BCUT2D eigenvalue weighted by Crippen LogP contribution is -2.31. The van der Waals surface area contributed by atoms with Crippen molar-refractivity contribution in [2.45, 2.75) is 36.2 Å². The Hall–Kier alpha value is -1.71. The Bertz CT molecular complexity index is 887. The number of hydrogen-bond acceptors (Lipinski definition) is 8. The van der Waals surface area contributed by atoms with Gasteiger partial charge in [-0.3, -0.25) is 4.79 Å². The fourth-order valence-corrected chi connectivity index (χ4v) is 5.22. The Kier molecular flexibility index (Phi) is 5.10.